The summed E-state index contributed by atoms with van der Waals surface area (Å²) in [5.41, 5.74) is 7.22. The maximum atomic E-state index is 15.1. The van der Waals surface area contributed by atoms with Crippen molar-refractivity contribution in [1.82, 2.24) is 29.9 Å². The topological polar surface area (TPSA) is 65.9 Å². The molecular weight excluding hydrogens is 441 g/mol. The summed E-state index contributed by atoms with van der Waals surface area (Å²) in [4.78, 5) is 12.3. The number of rotatable bonds is 4. The first-order valence-corrected chi connectivity index (χ1v) is 11.8. The summed E-state index contributed by atoms with van der Waals surface area (Å²) in [6.45, 7) is 5.53. The molecule has 0 bridgehead atoms. The van der Waals surface area contributed by atoms with Crippen LogP contribution in [0.15, 0.2) is 67.1 Å². The van der Waals surface area contributed by atoms with Crippen LogP contribution in [0.5, 0.6) is 0 Å². The molecule has 2 aromatic carbocycles. The zero-order valence-electron chi connectivity index (χ0n) is 19.7. The second-order valence-electron chi connectivity index (χ2n) is 9.11. The molecule has 0 aliphatic carbocycles. The van der Waals surface area contributed by atoms with Crippen molar-refractivity contribution in [3.8, 4) is 27.9 Å². The van der Waals surface area contributed by atoms with Gasteiger partial charge in [0.1, 0.15) is 11.5 Å². The van der Waals surface area contributed by atoms with Crippen LogP contribution in [0, 0.1) is 12.7 Å². The van der Waals surface area contributed by atoms with Crippen molar-refractivity contribution < 1.29 is 4.39 Å². The van der Waals surface area contributed by atoms with Crippen molar-refractivity contribution in [1.29, 1.82) is 0 Å². The van der Waals surface area contributed by atoms with E-state index in [-0.39, 0.29) is 5.82 Å². The third kappa shape index (κ3) is 3.95. The highest BCUT2D eigenvalue weighted by atomic mass is 19.1. The minimum atomic E-state index is -0.194. The van der Waals surface area contributed by atoms with Crippen molar-refractivity contribution in [3.05, 3.63) is 78.6 Å². The molecule has 1 aliphatic rings. The molecule has 35 heavy (non-hydrogen) atoms. The van der Waals surface area contributed by atoms with Crippen molar-refractivity contribution in [2.24, 2.45) is 0 Å². The Hall–Kier alpha value is -4.04. The molecule has 4 heterocycles. The third-order valence-corrected chi connectivity index (χ3v) is 6.80. The van der Waals surface area contributed by atoms with Crippen molar-refractivity contribution in [2.45, 2.75) is 6.92 Å². The van der Waals surface area contributed by atoms with Gasteiger partial charge in [0.25, 0.3) is 0 Å². The fourth-order valence-electron chi connectivity index (χ4n) is 4.71. The minimum absolute atomic E-state index is 0.194. The van der Waals surface area contributed by atoms with E-state index in [0.717, 1.165) is 70.8 Å². The van der Waals surface area contributed by atoms with E-state index in [4.69, 9.17) is 0 Å². The molecule has 0 amide bonds. The second kappa shape index (κ2) is 8.63. The molecule has 7 nitrogen and oxygen atoms in total. The number of hydrogen-bond acceptors (Lipinski definition) is 5. The number of fused-ring (bicyclic) bond motifs is 1. The average molecular weight is 468 g/mol. The highest BCUT2D eigenvalue weighted by Crippen LogP contribution is 2.33. The molecule has 0 unspecified atom stereocenters. The summed E-state index contributed by atoms with van der Waals surface area (Å²) in [5, 5.41) is 9.09. The van der Waals surface area contributed by atoms with Gasteiger partial charge in [0.2, 0.25) is 0 Å². The lowest BCUT2D eigenvalue weighted by molar-refractivity contribution is 0.311. The maximum absolute atomic E-state index is 15.1. The number of likely N-dealkylation sites (N-methyl/N-ethyl adjacent to an activating group) is 1. The summed E-state index contributed by atoms with van der Waals surface area (Å²) in [7, 11) is 2.10. The van der Waals surface area contributed by atoms with Crippen LogP contribution in [-0.4, -0.2) is 63.1 Å². The van der Waals surface area contributed by atoms with E-state index in [1.54, 1.807) is 23.1 Å². The van der Waals surface area contributed by atoms with Gasteiger partial charge >= 0.3 is 0 Å². The molecule has 5 aromatic rings. The second-order valence-corrected chi connectivity index (χ2v) is 9.11. The number of aromatic amines is 1. The van der Waals surface area contributed by atoms with E-state index in [2.05, 4.69) is 55.3 Å². The predicted molar refractivity (Wildman–Crippen MR) is 136 cm³/mol. The highest BCUT2D eigenvalue weighted by molar-refractivity contribution is 5.96. The zero-order valence-corrected chi connectivity index (χ0v) is 19.7. The smallest absolute Gasteiger partial charge is 0.147 e. The fraction of sp³-hybridized carbons (Fsp3) is 0.222. The van der Waals surface area contributed by atoms with Crippen molar-refractivity contribution in [3.63, 3.8) is 0 Å². The van der Waals surface area contributed by atoms with Gasteiger partial charge in [-0.3, -0.25) is 0 Å². The van der Waals surface area contributed by atoms with Crippen LogP contribution in [0.1, 0.15) is 5.69 Å². The number of aryl methyl sites for hydroxylation is 1. The average Bonchev–Trinajstić information content (AvgIpc) is 3.50. The predicted octanol–water partition coefficient (Wildman–Crippen LogP) is 4.68. The van der Waals surface area contributed by atoms with E-state index in [1.807, 2.05) is 37.4 Å². The van der Waals surface area contributed by atoms with Crippen LogP contribution in [0.2, 0.25) is 0 Å². The Morgan fingerprint density at radius 2 is 1.66 bits per heavy atom. The number of piperazine rings is 1. The van der Waals surface area contributed by atoms with E-state index < -0.39 is 0 Å². The van der Waals surface area contributed by atoms with Crippen LogP contribution in [0.25, 0.3) is 39.0 Å². The fourth-order valence-corrected chi connectivity index (χ4v) is 4.71. The Morgan fingerprint density at radius 1 is 0.886 bits per heavy atom. The number of nitrogens with zero attached hydrogens (tertiary/aromatic N) is 6. The number of benzene rings is 2. The van der Waals surface area contributed by atoms with Crippen molar-refractivity contribution in [2.75, 3.05) is 38.1 Å². The molecule has 0 saturated carbocycles. The van der Waals surface area contributed by atoms with Gasteiger partial charge in [-0.15, -0.1) is 5.10 Å². The lowest BCUT2D eigenvalue weighted by atomic mass is 10.0. The van der Waals surface area contributed by atoms with E-state index >= 15 is 4.39 Å². The number of pyridine rings is 1. The van der Waals surface area contributed by atoms with Crippen LogP contribution in [0.3, 0.4) is 0 Å². The quantitative estimate of drug-likeness (QED) is 0.416. The number of aromatic nitrogens is 5. The van der Waals surface area contributed by atoms with Gasteiger partial charge < -0.3 is 14.8 Å². The third-order valence-electron chi connectivity index (χ3n) is 6.80. The van der Waals surface area contributed by atoms with E-state index in [9.17, 15) is 0 Å². The maximum Gasteiger partial charge on any atom is 0.147 e. The lowest BCUT2D eigenvalue weighted by Crippen LogP contribution is -2.44. The van der Waals surface area contributed by atoms with Crippen LogP contribution in [0.4, 0.5) is 10.1 Å². The summed E-state index contributed by atoms with van der Waals surface area (Å²) in [6, 6.07) is 15.8. The van der Waals surface area contributed by atoms with E-state index in [0.29, 0.717) is 5.69 Å². The van der Waals surface area contributed by atoms with Gasteiger partial charge in [0, 0.05) is 55.1 Å². The van der Waals surface area contributed by atoms with Crippen LogP contribution in [-0.2, 0) is 0 Å². The first-order chi connectivity index (χ1) is 17.1. The Labute approximate surface area is 202 Å². The number of halogens is 1. The number of hydrogen-bond donors (Lipinski definition) is 1. The molecule has 1 fully saturated rings. The molecule has 1 aliphatic heterocycles. The number of nitrogens with one attached hydrogen (secondary N) is 1. The largest absolute Gasteiger partial charge is 0.367 e. The number of H-pyrrole nitrogens is 1. The molecule has 3 aromatic heterocycles. The summed E-state index contributed by atoms with van der Waals surface area (Å²) in [6.07, 6.45) is 5.50. The monoisotopic (exact) mass is 467 g/mol. The molecule has 1 N–H and O–H groups in total. The van der Waals surface area contributed by atoms with Crippen LogP contribution < -0.4 is 4.90 Å². The summed E-state index contributed by atoms with van der Waals surface area (Å²) < 4.78 is 16.9. The molecule has 176 valence electrons. The molecule has 6 rings (SSSR count). The van der Waals surface area contributed by atoms with Gasteiger partial charge in [-0.25, -0.2) is 14.1 Å². The minimum Gasteiger partial charge on any atom is -0.367 e. The molecule has 0 radical (unpaired) electrons. The normalized spacial score (nSPS) is 14.7. The Balaban J connectivity index is 1.31. The van der Waals surface area contributed by atoms with Gasteiger partial charge in [0.05, 0.1) is 23.3 Å². The van der Waals surface area contributed by atoms with Gasteiger partial charge in [-0.1, -0.05) is 23.4 Å². The summed E-state index contributed by atoms with van der Waals surface area (Å²) in [5.74, 6) is -0.194. The zero-order chi connectivity index (χ0) is 23.9. The Bertz CT molecular complexity index is 1490. The Morgan fingerprint density at radius 3 is 2.37 bits per heavy atom. The van der Waals surface area contributed by atoms with Gasteiger partial charge in [-0.05, 0) is 55.4 Å². The highest BCUT2D eigenvalue weighted by Gasteiger charge is 2.18. The molecule has 0 atom stereocenters. The van der Waals surface area contributed by atoms with Gasteiger partial charge in [-0.2, -0.15) is 0 Å². The molecule has 1 saturated heterocycles. The molecule has 0 spiro atoms. The van der Waals surface area contributed by atoms with Crippen LogP contribution >= 0.6 is 0 Å². The summed E-state index contributed by atoms with van der Waals surface area (Å²) >= 11 is 0. The molecular formula is C27H26FN7. The van der Waals surface area contributed by atoms with E-state index in [1.165, 1.54) is 0 Å². The lowest BCUT2D eigenvalue weighted by Gasteiger charge is -2.34. The van der Waals surface area contributed by atoms with Crippen molar-refractivity contribution >= 4 is 16.7 Å². The number of anilines is 1. The van der Waals surface area contributed by atoms with Gasteiger partial charge in [0.15, 0.2) is 0 Å². The Kier molecular flexibility index (Phi) is 5.30. The first kappa shape index (κ1) is 21.5. The standard InChI is InChI=1S/C27H26FN7/c1-18-15-31-32-35(18)22-6-3-19(4-7-22)24-17-30-27-23(24)13-21(16-29-27)20-5-8-26(25(28)14-20)34-11-9-33(2)10-12-34/h3-8,13-17H,9-12H2,1-2H3,(H,29,30). The SMILES string of the molecule is Cc1cnnn1-c1ccc(-c2c[nH]c3ncc(-c4ccc(N5CCN(C)CC5)c(F)c4)cc23)cc1. The first-order valence-electron chi connectivity index (χ1n) is 11.8. The molecule has 8 heteroatoms.